The summed E-state index contributed by atoms with van der Waals surface area (Å²) >= 11 is 0. The van der Waals surface area contributed by atoms with Crippen molar-refractivity contribution in [2.45, 2.75) is 90.1 Å². The van der Waals surface area contributed by atoms with Crippen molar-refractivity contribution in [2.75, 3.05) is 36.0 Å². The van der Waals surface area contributed by atoms with Crippen LogP contribution in [0.4, 0.5) is 21.5 Å². The lowest BCUT2D eigenvalue weighted by Gasteiger charge is -2.31. The molecule has 6 rings (SSSR count). The number of piperidine rings is 1. The van der Waals surface area contributed by atoms with Gasteiger partial charge in [-0.3, -0.25) is 9.79 Å². The smallest absolute Gasteiger partial charge is 0.223 e. The van der Waals surface area contributed by atoms with Gasteiger partial charge in [-0.1, -0.05) is 26.0 Å². The second-order valence-electron chi connectivity index (χ2n) is 12.4. The Morgan fingerprint density at radius 2 is 1.72 bits per heavy atom. The van der Waals surface area contributed by atoms with Crippen LogP contribution in [0.5, 0.6) is 0 Å². The van der Waals surface area contributed by atoms with E-state index in [0.717, 1.165) is 94.6 Å². The summed E-state index contributed by atoms with van der Waals surface area (Å²) in [7, 11) is 0. The number of hydrogen-bond donors (Lipinski definition) is 0. The second-order valence-corrected chi connectivity index (χ2v) is 12.4. The van der Waals surface area contributed by atoms with Crippen molar-refractivity contribution in [1.82, 2.24) is 4.90 Å². The summed E-state index contributed by atoms with van der Waals surface area (Å²) in [5.41, 5.74) is 6.52. The first-order valence-corrected chi connectivity index (χ1v) is 15.3. The van der Waals surface area contributed by atoms with Crippen molar-refractivity contribution in [3.63, 3.8) is 0 Å². The van der Waals surface area contributed by atoms with Gasteiger partial charge in [-0.15, -0.1) is 0 Å². The maximum absolute atomic E-state index is 15.3. The number of aliphatic imine (C=N–C) groups is 1. The first kappa shape index (κ1) is 26.3. The van der Waals surface area contributed by atoms with Crippen LogP contribution in [-0.2, 0) is 11.2 Å². The molecule has 0 aliphatic carbocycles. The average molecular weight is 531 g/mol. The predicted octanol–water partition coefficient (Wildman–Crippen LogP) is 7.21. The van der Waals surface area contributed by atoms with Crippen molar-refractivity contribution < 1.29 is 9.18 Å². The highest BCUT2D eigenvalue weighted by atomic mass is 19.1. The normalized spacial score (nSPS) is 23.4. The monoisotopic (exact) mass is 530 g/mol. The molecule has 5 nitrogen and oxygen atoms in total. The number of carbonyl (C=O) groups is 1. The number of aryl methyl sites for hydroxylation is 1. The summed E-state index contributed by atoms with van der Waals surface area (Å²) in [4.78, 5) is 24.8. The molecule has 0 bridgehead atoms. The molecular weight excluding hydrogens is 487 g/mol. The number of anilines is 2. The summed E-state index contributed by atoms with van der Waals surface area (Å²) in [6.45, 7) is 7.92. The SMILES string of the molecule is CC(C)CC(=O)N1CCC[C@H]1C1=Nc2cc([C@@H]3CCCN3c3ccc(N4CCCCC4)c(F)c3)ccc2CC1. The number of hydrogen-bond acceptors (Lipinski definition) is 4. The Morgan fingerprint density at radius 3 is 2.51 bits per heavy atom. The highest BCUT2D eigenvalue weighted by Gasteiger charge is 2.34. The van der Waals surface area contributed by atoms with Gasteiger partial charge in [0.15, 0.2) is 0 Å². The Morgan fingerprint density at radius 1 is 0.923 bits per heavy atom. The number of likely N-dealkylation sites (tertiary alicyclic amines) is 1. The van der Waals surface area contributed by atoms with Crippen LogP contribution >= 0.6 is 0 Å². The van der Waals surface area contributed by atoms with Gasteiger partial charge in [0.1, 0.15) is 5.82 Å². The molecule has 208 valence electrons. The lowest BCUT2D eigenvalue weighted by Crippen LogP contribution is -2.41. The minimum Gasteiger partial charge on any atom is -0.369 e. The fourth-order valence-corrected chi connectivity index (χ4v) is 7.18. The minimum atomic E-state index is -0.104. The fraction of sp³-hybridized carbons (Fsp3) is 0.576. The van der Waals surface area contributed by atoms with Gasteiger partial charge in [-0.05, 0) is 99.1 Å². The Hall–Kier alpha value is -2.89. The van der Waals surface area contributed by atoms with Gasteiger partial charge >= 0.3 is 0 Å². The van der Waals surface area contributed by atoms with Gasteiger partial charge in [0.2, 0.25) is 5.91 Å². The summed E-state index contributed by atoms with van der Waals surface area (Å²) in [6.07, 6.45) is 10.3. The molecule has 6 heteroatoms. The molecule has 3 fully saturated rings. The first-order chi connectivity index (χ1) is 19.0. The summed E-state index contributed by atoms with van der Waals surface area (Å²) < 4.78 is 15.3. The van der Waals surface area contributed by atoms with Crippen LogP contribution < -0.4 is 9.80 Å². The van der Waals surface area contributed by atoms with E-state index in [1.54, 1.807) is 6.07 Å². The maximum Gasteiger partial charge on any atom is 0.223 e. The van der Waals surface area contributed by atoms with E-state index in [1.165, 1.54) is 23.3 Å². The summed E-state index contributed by atoms with van der Waals surface area (Å²) in [6, 6.07) is 13.0. The number of benzene rings is 2. The molecule has 0 N–H and O–H groups in total. The van der Waals surface area contributed by atoms with E-state index < -0.39 is 0 Å². The molecule has 4 aliphatic rings. The molecule has 4 aliphatic heterocycles. The molecule has 1 amide bonds. The minimum absolute atomic E-state index is 0.104. The fourth-order valence-electron chi connectivity index (χ4n) is 7.18. The predicted molar refractivity (Wildman–Crippen MR) is 158 cm³/mol. The van der Waals surface area contributed by atoms with Crippen LogP contribution in [0.25, 0.3) is 0 Å². The van der Waals surface area contributed by atoms with Gasteiger partial charge in [0.25, 0.3) is 0 Å². The van der Waals surface area contributed by atoms with Crippen LogP contribution in [0, 0.1) is 11.7 Å². The molecule has 0 spiro atoms. The van der Waals surface area contributed by atoms with E-state index in [-0.39, 0.29) is 23.8 Å². The third-order valence-corrected chi connectivity index (χ3v) is 9.16. The van der Waals surface area contributed by atoms with Crippen LogP contribution in [0.3, 0.4) is 0 Å². The van der Waals surface area contributed by atoms with Gasteiger partial charge < -0.3 is 14.7 Å². The number of halogens is 1. The Kier molecular flexibility index (Phi) is 7.64. The molecule has 0 saturated carbocycles. The summed E-state index contributed by atoms with van der Waals surface area (Å²) in [5, 5.41) is 0. The number of rotatable bonds is 6. The van der Waals surface area contributed by atoms with Crippen LogP contribution in [0.2, 0.25) is 0 Å². The van der Waals surface area contributed by atoms with Gasteiger partial charge in [-0.25, -0.2) is 4.39 Å². The average Bonchev–Trinajstić information content (AvgIpc) is 3.63. The first-order valence-electron chi connectivity index (χ1n) is 15.3. The Bertz CT molecular complexity index is 1230. The van der Waals surface area contributed by atoms with E-state index >= 15 is 4.39 Å². The van der Waals surface area contributed by atoms with Gasteiger partial charge in [0, 0.05) is 44.0 Å². The number of fused-ring (bicyclic) bond motifs is 1. The third kappa shape index (κ3) is 5.44. The van der Waals surface area contributed by atoms with Gasteiger partial charge in [0.05, 0.1) is 23.5 Å². The molecule has 39 heavy (non-hydrogen) atoms. The molecule has 0 unspecified atom stereocenters. The number of nitrogens with zero attached hydrogens (tertiary/aromatic N) is 4. The third-order valence-electron chi connectivity index (χ3n) is 9.16. The quantitative estimate of drug-likeness (QED) is 0.396. The lowest BCUT2D eigenvalue weighted by atomic mass is 9.93. The van der Waals surface area contributed by atoms with Crippen LogP contribution in [-0.4, -0.2) is 48.7 Å². The molecular formula is C33H43FN4O. The van der Waals surface area contributed by atoms with Crippen molar-refractivity contribution in [3.8, 4) is 0 Å². The Labute approximate surface area is 233 Å². The van der Waals surface area contributed by atoms with E-state index in [1.807, 2.05) is 6.07 Å². The molecule has 3 saturated heterocycles. The molecule has 2 aromatic carbocycles. The van der Waals surface area contributed by atoms with E-state index in [4.69, 9.17) is 4.99 Å². The summed E-state index contributed by atoms with van der Waals surface area (Å²) in [5.74, 6) is 0.543. The number of amides is 1. The van der Waals surface area contributed by atoms with Gasteiger partial charge in [-0.2, -0.15) is 0 Å². The zero-order valence-electron chi connectivity index (χ0n) is 23.7. The maximum atomic E-state index is 15.3. The zero-order valence-corrected chi connectivity index (χ0v) is 23.7. The zero-order chi connectivity index (χ0) is 26.9. The topological polar surface area (TPSA) is 39.2 Å². The van der Waals surface area contributed by atoms with E-state index in [0.29, 0.717) is 12.3 Å². The lowest BCUT2D eigenvalue weighted by molar-refractivity contribution is -0.131. The molecule has 0 radical (unpaired) electrons. The van der Waals surface area contributed by atoms with E-state index in [9.17, 15) is 4.79 Å². The molecule has 2 aromatic rings. The molecule has 2 atom stereocenters. The molecule has 4 heterocycles. The second kappa shape index (κ2) is 11.3. The largest absolute Gasteiger partial charge is 0.369 e. The highest BCUT2D eigenvalue weighted by Crippen LogP contribution is 2.40. The number of carbonyl (C=O) groups excluding carboxylic acids is 1. The van der Waals surface area contributed by atoms with Crippen LogP contribution in [0.15, 0.2) is 41.4 Å². The standard InChI is InChI=1S/C33H43FN4O/c1-23(2)20-33(39)38-19-7-9-32(38)28-14-12-24-10-11-25(21-29(24)35-28)30-8-6-18-37(30)26-13-15-31(27(34)22-26)36-16-4-3-5-17-36/h10-11,13,15,21-23,30,32H,3-9,12,14,16-20H2,1-2H3/t30-,32-/m0/s1. The Balaban J connectivity index is 1.22. The van der Waals surface area contributed by atoms with Crippen molar-refractivity contribution in [2.24, 2.45) is 10.9 Å². The van der Waals surface area contributed by atoms with Crippen molar-refractivity contribution in [3.05, 3.63) is 53.3 Å². The van der Waals surface area contributed by atoms with Crippen molar-refractivity contribution in [1.29, 1.82) is 0 Å². The van der Waals surface area contributed by atoms with Crippen LogP contribution in [0.1, 0.15) is 88.8 Å². The highest BCUT2D eigenvalue weighted by molar-refractivity contribution is 5.96. The van der Waals surface area contributed by atoms with Crippen molar-refractivity contribution >= 4 is 28.7 Å². The van der Waals surface area contributed by atoms with E-state index in [2.05, 4.69) is 52.8 Å². The molecule has 0 aromatic heterocycles.